The number of guanidine groups is 1. The number of hydrogen-bond donors (Lipinski definition) is 1. The van der Waals surface area contributed by atoms with Crippen LogP contribution in [0.15, 0.2) is 23.2 Å². The van der Waals surface area contributed by atoms with Crippen LogP contribution in [0.25, 0.3) is 0 Å². The quantitative estimate of drug-likeness (QED) is 0.342. The lowest BCUT2D eigenvalue weighted by molar-refractivity contribution is 0.0511. The highest BCUT2D eigenvalue weighted by Crippen LogP contribution is 2.40. The number of rotatable bonds is 3. The normalized spacial score (nSPS) is 23.7. The summed E-state index contributed by atoms with van der Waals surface area (Å²) in [7, 11) is -1.35. The van der Waals surface area contributed by atoms with Crippen molar-refractivity contribution in [3.63, 3.8) is 0 Å². The van der Waals surface area contributed by atoms with Crippen molar-refractivity contribution in [2.75, 3.05) is 52.4 Å². The molecule has 10 heteroatoms. The number of fused-ring (bicyclic) bond motifs is 1. The van der Waals surface area contributed by atoms with Gasteiger partial charge in [0.25, 0.3) is 0 Å². The predicted molar refractivity (Wildman–Crippen MR) is 131 cm³/mol. The van der Waals surface area contributed by atoms with Gasteiger partial charge in [-0.05, 0) is 44.4 Å². The molecule has 0 atom stereocenters. The van der Waals surface area contributed by atoms with E-state index in [1.54, 1.807) is 20.9 Å². The molecule has 0 bridgehead atoms. The van der Waals surface area contributed by atoms with Gasteiger partial charge in [0.1, 0.15) is 0 Å². The van der Waals surface area contributed by atoms with Gasteiger partial charge >= 0.3 is 0 Å². The molecule has 31 heavy (non-hydrogen) atoms. The first kappa shape index (κ1) is 24.4. The van der Waals surface area contributed by atoms with E-state index >= 15 is 0 Å². The van der Waals surface area contributed by atoms with Gasteiger partial charge in [-0.3, -0.25) is 4.99 Å². The van der Waals surface area contributed by atoms with Gasteiger partial charge in [0.2, 0.25) is 6.79 Å². The van der Waals surface area contributed by atoms with E-state index in [1.807, 2.05) is 11.0 Å². The summed E-state index contributed by atoms with van der Waals surface area (Å²) in [5.41, 5.74) is 1.08. The minimum absolute atomic E-state index is 0. The molecule has 3 aliphatic heterocycles. The van der Waals surface area contributed by atoms with Crippen LogP contribution in [0.5, 0.6) is 11.5 Å². The molecule has 0 unspecified atom stereocenters. The maximum absolute atomic E-state index is 12.4. The van der Waals surface area contributed by atoms with E-state index in [-0.39, 0.29) is 41.9 Å². The molecule has 0 aromatic heterocycles. The van der Waals surface area contributed by atoms with Crippen LogP contribution < -0.4 is 14.8 Å². The van der Waals surface area contributed by atoms with Gasteiger partial charge in [0.15, 0.2) is 27.3 Å². The fraction of sp³-hybridized carbons (Fsp3) is 0.667. The monoisotopic (exact) mass is 565 g/mol. The number of halogens is 1. The fourth-order valence-electron chi connectivity index (χ4n) is 4.46. The second-order valence-electron chi connectivity index (χ2n) is 8.86. The second-order valence-corrected chi connectivity index (χ2v) is 11.6. The molecule has 1 aromatic carbocycles. The zero-order valence-electron chi connectivity index (χ0n) is 18.3. The summed E-state index contributed by atoms with van der Waals surface area (Å²) < 4.78 is 40.7. The summed E-state index contributed by atoms with van der Waals surface area (Å²) in [4.78, 5) is 6.50. The number of sulfone groups is 1. The summed E-state index contributed by atoms with van der Waals surface area (Å²) in [6.07, 6.45) is 1.77. The van der Waals surface area contributed by atoms with E-state index < -0.39 is 14.6 Å². The maximum atomic E-state index is 12.4. The first-order chi connectivity index (χ1) is 14.3. The van der Waals surface area contributed by atoms with E-state index in [9.17, 15) is 8.42 Å². The Morgan fingerprint density at radius 3 is 2.58 bits per heavy atom. The molecular weight excluding hydrogens is 533 g/mol. The largest absolute Gasteiger partial charge is 0.454 e. The molecule has 0 spiro atoms. The van der Waals surface area contributed by atoms with Crippen molar-refractivity contribution >= 4 is 39.8 Å². The van der Waals surface area contributed by atoms with Gasteiger partial charge < -0.3 is 24.4 Å². The van der Waals surface area contributed by atoms with Gasteiger partial charge in [-0.25, -0.2) is 8.42 Å². The van der Waals surface area contributed by atoms with Crippen molar-refractivity contribution in [2.24, 2.45) is 4.99 Å². The third-order valence-corrected chi connectivity index (χ3v) is 9.11. The van der Waals surface area contributed by atoms with Crippen LogP contribution in [0.2, 0.25) is 0 Å². The van der Waals surface area contributed by atoms with Crippen LogP contribution >= 0.6 is 24.0 Å². The lowest BCUT2D eigenvalue weighted by Crippen LogP contribution is -2.58. The zero-order chi connectivity index (χ0) is 21.4. The van der Waals surface area contributed by atoms with Crippen LogP contribution in [0, 0.1) is 0 Å². The van der Waals surface area contributed by atoms with E-state index in [2.05, 4.69) is 22.4 Å². The van der Waals surface area contributed by atoms with Crippen molar-refractivity contribution in [1.29, 1.82) is 0 Å². The molecule has 2 fully saturated rings. The average Bonchev–Trinajstić information content (AvgIpc) is 3.19. The zero-order valence-corrected chi connectivity index (χ0v) is 21.5. The van der Waals surface area contributed by atoms with E-state index in [1.165, 1.54) is 5.56 Å². The smallest absolute Gasteiger partial charge is 0.231 e. The standard InChI is InChI=1S/C21H31N3O5S.HI/c1-20(2)14-24(8-11-30(20,25)26)19(22-3)23-13-21(6-9-27-10-7-21)16-4-5-17-18(12-16)29-15-28-17;/h4-5,12H,6-11,13-15H2,1-3H3,(H,22,23);1H. The topological polar surface area (TPSA) is 89.5 Å². The number of aliphatic imine (C=N–C) groups is 1. The Morgan fingerprint density at radius 2 is 1.90 bits per heavy atom. The first-order valence-corrected chi connectivity index (χ1v) is 12.1. The Hall–Kier alpha value is -1.27. The predicted octanol–water partition coefficient (Wildman–Crippen LogP) is 2.17. The Balaban J connectivity index is 0.00000272. The summed E-state index contributed by atoms with van der Waals surface area (Å²) in [6.45, 7) is 6.79. The number of nitrogens with zero attached hydrogens (tertiary/aromatic N) is 2. The van der Waals surface area contributed by atoms with Crippen molar-refractivity contribution in [1.82, 2.24) is 10.2 Å². The van der Waals surface area contributed by atoms with Gasteiger partial charge in [0, 0.05) is 45.3 Å². The number of ether oxygens (including phenoxy) is 3. The SMILES string of the molecule is CN=C(NCC1(c2ccc3c(c2)OCO3)CCOCC1)N1CCS(=O)(=O)C(C)(C)C1.I. The molecule has 1 aromatic rings. The fourth-order valence-corrected chi connectivity index (χ4v) is 5.83. The molecule has 0 radical (unpaired) electrons. The molecule has 3 heterocycles. The Kier molecular flexibility index (Phi) is 7.31. The first-order valence-electron chi connectivity index (χ1n) is 10.4. The molecule has 4 rings (SSSR count). The van der Waals surface area contributed by atoms with Crippen LogP contribution in [0.1, 0.15) is 32.3 Å². The van der Waals surface area contributed by atoms with Crippen LogP contribution in [0.4, 0.5) is 0 Å². The van der Waals surface area contributed by atoms with E-state index in [4.69, 9.17) is 14.2 Å². The van der Waals surface area contributed by atoms with E-state index in [0.717, 1.165) is 30.3 Å². The van der Waals surface area contributed by atoms with Crippen LogP contribution in [-0.2, 0) is 20.0 Å². The molecule has 0 saturated carbocycles. The highest BCUT2D eigenvalue weighted by Gasteiger charge is 2.42. The van der Waals surface area contributed by atoms with E-state index in [0.29, 0.717) is 32.8 Å². The number of benzene rings is 1. The van der Waals surface area contributed by atoms with Gasteiger partial charge in [-0.1, -0.05) is 6.07 Å². The molecular formula is C21H32IN3O5S. The maximum Gasteiger partial charge on any atom is 0.231 e. The summed E-state index contributed by atoms with van der Waals surface area (Å²) in [5.74, 6) is 2.44. The van der Waals surface area contributed by atoms with Gasteiger partial charge in [0.05, 0.1) is 10.5 Å². The van der Waals surface area contributed by atoms with Gasteiger partial charge in [-0.15, -0.1) is 24.0 Å². The third-order valence-electron chi connectivity index (χ3n) is 6.57. The highest BCUT2D eigenvalue weighted by atomic mass is 127. The Morgan fingerprint density at radius 1 is 1.19 bits per heavy atom. The lowest BCUT2D eigenvalue weighted by atomic mass is 9.74. The van der Waals surface area contributed by atoms with Gasteiger partial charge in [-0.2, -0.15) is 0 Å². The minimum Gasteiger partial charge on any atom is -0.454 e. The van der Waals surface area contributed by atoms with Crippen molar-refractivity contribution in [2.45, 2.75) is 36.9 Å². The highest BCUT2D eigenvalue weighted by molar-refractivity contribution is 14.0. The summed E-state index contributed by atoms with van der Waals surface area (Å²) in [5, 5.41) is 3.53. The second kappa shape index (κ2) is 9.30. The molecule has 174 valence electrons. The molecule has 2 saturated heterocycles. The summed E-state index contributed by atoms with van der Waals surface area (Å²) >= 11 is 0. The van der Waals surface area contributed by atoms with Crippen molar-refractivity contribution in [3.8, 4) is 11.5 Å². The average molecular weight is 565 g/mol. The van der Waals surface area contributed by atoms with Crippen LogP contribution in [0.3, 0.4) is 0 Å². The minimum atomic E-state index is -3.10. The number of nitrogens with one attached hydrogen (secondary N) is 1. The molecule has 1 N–H and O–H groups in total. The van der Waals surface area contributed by atoms with Crippen molar-refractivity contribution in [3.05, 3.63) is 23.8 Å². The number of hydrogen-bond acceptors (Lipinski definition) is 6. The Labute approximate surface area is 201 Å². The lowest BCUT2D eigenvalue weighted by Gasteiger charge is -2.42. The van der Waals surface area contributed by atoms with Crippen LogP contribution in [-0.4, -0.2) is 76.5 Å². The summed E-state index contributed by atoms with van der Waals surface area (Å²) in [6, 6.07) is 6.16. The Bertz CT molecular complexity index is 929. The molecule has 8 nitrogen and oxygen atoms in total. The molecule has 0 amide bonds. The molecule has 0 aliphatic carbocycles. The van der Waals surface area contributed by atoms with Crippen molar-refractivity contribution < 1.29 is 22.6 Å². The third kappa shape index (κ3) is 4.75. The molecule has 3 aliphatic rings.